The summed E-state index contributed by atoms with van der Waals surface area (Å²) >= 11 is 12.0. The van der Waals surface area contributed by atoms with Crippen molar-refractivity contribution in [2.45, 2.75) is 6.54 Å². The average molecular weight is 252 g/mol. The lowest BCUT2D eigenvalue weighted by molar-refractivity contribution is 1.15. The van der Waals surface area contributed by atoms with Crippen LogP contribution in [0.4, 0.5) is 5.69 Å². The third-order valence-corrected chi connectivity index (χ3v) is 3.15. The minimum Gasteiger partial charge on any atom is -0.381 e. The molecule has 2 rings (SSSR count). The lowest BCUT2D eigenvalue weighted by Gasteiger charge is -2.08. The molecule has 0 saturated heterocycles. The fourth-order valence-electron chi connectivity index (χ4n) is 1.44. The molecule has 0 heterocycles. The van der Waals surface area contributed by atoms with Gasteiger partial charge in [-0.3, -0.25) is 0 Å². The van der Waals surface area contributed by atoms with Crippen molar-refractivity contribution in [1.82, 2.24) is 0 Å². The van der Waals surface area contributed by atoms with Crippen LogP contribution in [-0.4, -0.2) is 0 Å². The zero-order valence-corrected chi connectivity index (χ0v) is 10.1. The van der Waals surface area contributed by atoms with E-state index in [1.54, 1.807) is 6.07 Å². The molecule has 3 heteroatoms. The molecule has 16 heavy (non-hydrogen) atoms. The Morgan fingerprint density at radius 2 is 1.62 bits per heavy atom. The summed E-state index contributed by atoms with van der Waals surface area (Å²) in [6.45, 7) is 0.670. The molecule has 0 aliphatic carbocycles. The van der Waals surface area contributed by atoms with Crippen molar-refractivity contribution in [3.8, 4) is 0 Å². The highest BCUT2D eigenvalue weighted by atomic mass is 35.5. The molecule has 0 aromatic heterocycles. The van der Waals surface area contributed by atoms with Crippen LogP contribution >= 0.6 is 23.2 Å². The highest BCUT2D eigenvalue weighted by Crippen LogP contribution is 2.26. The van der Waals surface area contributed by atoms with E-state index in [9.17, 15) is 0 Å². The Morgan fingerprint density at radius 1 is 0.875 bits per heavy atom. The van der Waals surface area contributed by atoms with Crippen molar-refractivity contribution >= 4 is 28.9 Å². The van der Waals surface area contributed by atoms with Gasteiger partial charge in [-0.1, -0.05) is 53.5 Å². The van der Waals surface area contributed by atoms with Crippen molar-refractivity contribution in [1.29, 1.82) is 0 Å². The number of halogens is 2. The topological polar surface area (TPSA) is 12.0 Å². The fourth-order valence-corrected chi connectivity index (χ4v) is 1.83. The van der Waals surface area contributed by atoms with Gasteiger partial charge in [0.15, 0.2) is 0 Å². The summed E-state index contributed by atoms with van der Waals surface area (Å²) < 4.78 is 0. The van der Waals surface area contributed by atoms with Gasteiger partial charge < -0.3 is 5.32 Å². The van der Waals surface area contributed by atoms with E-state index < -0.39 is 0 Å². The maximum atomic E-state index is 6.09. The van der Waals surface area contributed by atoms with E-state index in [2.05, 4.69) is 5.32 Å². The lowest BCUT2D eigenvalue weighted by Crippen LogP contribution is -1.99. The Morgan fingerprint density at radius 3 is 2.38 bits per heavy atom. The van der Waals surface area contributed by atoms with Gasteiger partial charge in [0.25, 0.3) is 0 Å². The van der Waals surface area contributed by atoms with E-state index in [0.717, 1.165) is 11.3 Å². The number of rotatable bonds is 3. The quantitative estimate of drug-likeness (QED) is 0.841. The molecule has 2 aromatic rings. The van der Waals surface area contributed by atoms with Crippen LogP contribution in [0.3, 0.4) is 0 Å². The SMILES string of the molecule is Clc1cccc(CNc2ccccc2)c1Cl. The maximum Gasteiger partial charge on any atom is 0.0642 e. The molecule has 0 aliphatic rings. The van der Waals surface area contributed by atoms with Crippen LogP contribution in [0.2, 0.25) is 10.0 Å². The van der Waals surface area contributed by atoms with E-state index >= 15 is 0 Å². The number of para-hydroxylation sites is 1. The highest BCUT2D eigenvalue weighted by Gasteiger charge is 2.03. The standard InChI is InChI=1S/C13H11Cl2N/c14-12-8-4-5-10(13(12)15)9-16-11-6-2-1-3-7-11/h1-8,16H,9H2. The smallest absolute Gasteiger partial charge is 0.0642 e. The zero-order valence-electron chi connectivity index (χ0n) is 8.58. The largest absolute Gasteiger partial charge is 0.381 e. The molecule has 0 bridgehead atoms. The van der Waals surface area contributed by atoms with Crippen LogP contribution < -0.4 is 5.32 Å². The van der Waals surface area contributed by atoms with Crippen molar-refractivity contribution in [3.63, 3.8) is 0 Å². The molecule has 0 unspecified atom stereocenters. The second-order valence-corrected chi connectivity index (χ2v) is 4.22. The first-order valence-electron chi connectivity index (χ1n) is 4.99. The van der Waals surface area contributed by atoms with Crippen LogP contribution in [-0.2, 0) is 6.54 Å². The van der Waals surface area contributed by atoms with Gasteiger partial charge in [0.1, 0.15) is 0 Å². The number of nitrogens with one attached hydrogen (secondary N) is 1. The molecule has 0 fully saturated rings. The Bertz CT molecular complexity index is 469. The molecular weight excluding hydrogens is 241 g/mol. The first-order valence-corrected chi connectivity index (χ1v) is 5.75. The van der Waals surface area contributed by atoms with Crippen LogP contribution in [0.5, 0.6) is 0 Å². The molecular formula is C13H11Cl2N. The number of anilines is 1. The fraction of sp³-hybridized carbons (Fsp3) is 0.0769. The van der Waals surface area contributed by atoms with Gasteiger partial charge in [0, 0.05) is 12.2 Å². The van der Waals surface area contributed by atoms with E-state index in [-0.39, 0.29) is 0 Å². The number of benzene rings is 2. The predicted octanol–water partition coefficient (Wildman–Crippen LogP) is 4.61. The van der Waals surface area contributed by atoms with Crippen LogP contribution in [0, 0.1) is 0 Å². The molecule has 82 valence electrons. The lowest BCUT2D eigenvalue weighted by atomic mass is 10.2. The van der Waals surface area contributed by atoms with E-state index in [4.69, 9.17) is 23.2 Å². The van der Waals surface area contributed by atoms with Gasteiger partial charge in [-0.05, 0) is 23.8 Å². The summed E-state index contributed by atoms with van der Waals surface area (Å²) in [5.74, 6) is 0. The Hall–Kier alpha value is -1.18. The van der Waals surface area contributed by atoms with Gasteiger partial charge in [-0.25, -0.2) is 0 Å². The van der Waals surface area contributed by atoms with Gasteiger partial charge in [0.2, 0.25) is 0 Å². The summed E-state index contributed by atoms with van der Waals surface area (Å²) in [6, 6.07) is 15.6. The first kappa shape index (κ1) is 11.3. The number of hydrogen-bond donors (Lipinski definition) is 1. The monoisotopic (exact) mass is 251 g/mol. The molecule has 1 nitrogen and oxygen atoms in total. The second-order valence-electron chi connectivity index (χ2n) is 3.43. The Labute approximate surface area is 105 Å². The van der Waals surface area contributed by atoms with E-state index in [1.807, 2.05) is 42.5 Å². The molecule has 0 saturated carbocycles. The third-order valence-electron chi connectivity index (χ3n) is 2.29. The van der Waals surface area contributed by atoms with Gasteiger partial charge in [0.05, 0.1) is 10.0 Å². The predicted molar refractivity (Wildman–Crippen MR) is 70.2 cm³/mol. The molecule has 0 amide bonds. The molecule has 0 spiro atoms. The molecule has 0 radical (unpaired) electrons. The van der Waals surface area contributed by atoms with Gasteiger partial charge in [-0.2, -0.15) is 0 Å². The van der Waals surface area contributed by atoms with Crippen molar-refractivity contribution in [2.75, 3.05) is 5.32 Å². The summed E-state index contributed by atoms with van der Waals surface area (Å²) in [6.07, 6.45) is 0. The minimum atomic E-state index is 0.592. The first-order chi connectivity index (χ1) is 7.77. The summed E-state index contributed by atoms with van der Waals surface area (Å²) in [7, 11) is 0. The maximum absolute atomic E-state index is 6.09. The summed E-state index contributed by atoms with van der Waals surface area (Å²) in [5, 5.41) is 4.50. The van der Waals surface area contributed by atoms with Gasteiger partial charge in [-0.15, -0.1) is 0 Å². The molecule has 0 aliphatic heterocycles. The average Bonchev–Trinajstić information content (AvgIpc) is 2.32. The normalized spacial score (nSPS) is 10.1. The number of hydrogen-bond acceptors (Lipinski definition) is 1. The molecule has 1 N–H and O–H groups in total. The van der Waals surface area contributed by atoms with Crippen molar-refractivity contribution in [3.05, 3.63) is 64.1 Å². The van der Waals surface area contributed by atoms with Crippen LogP contribution in [0.1, 0.15) is 5.56 Å². The summed E-state index contributed by atoms with van der Waals surface area (Å²) in [4.78, 5) is 0. The van der Waals surface area contributed by atoms with Crippen molar-refractivity contribution in [2.24, 2.45) is 0 Å². The van der Waals surface area contributed by atoms with E-state index in [0.29, 0.717) is 16.6 Å². The Balaban J connectivity index is 2.08. The molecule has 2 aromatic carbocycles. The zero-order chi connectivity index (χ0) is 11.4. The van der Waals surface area contributed by atoms with Gasteiger partial charge >= 0.3 is 0 Å². The van der Waals surface area contributed by atoms with E-state index in [1.165, 1.54) is 0 Å². The van der Waals surface area contributed by atoms with Crippen LogP contribution in [0.25, 0.3) is 0 Å². The third kappa shape index (κ3) is 2.69. The molecule has 0 atom stereocenters. The second kappa shape index (κ2) is 5.24. The minimum absolute atomic E-state index is 0.592. The summed E-state index contributed by atoms with van der Waals surface area (Å²) in [5.41, 5.74) is 2.07. The van der Waals surface area contributed by atoms with Crippen molar-refractivity contribution < 1.29 is 0 Å². The Kier molecular flexibility index (Phi) is 3.70. The van der Waals surface area contributed by atoms with Crippen LogP contribution in [0.15, 0.2) is 48.5 Å². The highest BCUT2D eigenvalue weighted by molar-refractivity contribution is 6.42.